The van der Waals surface area contributed by atoms with Crippen molar-refractivity contribution in [3.8, 4) is 11.1 Å². The lowest BCUT2D eigenvalue weighted by Crippen LogP contribution is -2.40. The minimum absolute atomic E-state index is 0.104. The number of hydrogen-bond acceptors (Lipinski definition) is 7. The Morgan fingerprint density at radius 3 is 2.26 bits per heavy atom. The molecule has 0 bridgehead atoms. The molecule has 252 valence electrons. The smallest absolute Gasteiger partial charge is 0.410 e. The summed E-state index contributed by atoms with van der Waals surface area (Å²) in [5.41, 5.74) is 8.87. The van der Waals surface area contributed by atoms with Crippen molar-refractivity contribution < 1.29 is 19.1 Å². The van der Waals surface area contributed by atoms with Crippen LogP contribution in [-0.4, -0.2) is 57.1 Å². The van der Waals surface area contributed by atoms with Crippen LogP contribution in [0.15, 0.2) is 48.2 Å². The first-order valence-electron chi connectivity index (χ1n) is 15.6. The second-order valence-corrected chi connectivity index (χ2v) is 13.4. The third kappa shape index (κ3) is 9.06. The number of aromatic nitrogens is 2. The third-order valence-corrected chi connectivity index (χ3v) is 8.27. The van der Waals surface area contributed by atoms with E-state index >= 15 is 0 Å². The van der Waals surface area contributed by atoms with Crippen molar-refractivity contribution in [3.05, 3.63) is 75.4 Å². The van der Waals surface area contributed by atoms with Gasteiger partial charge in [-0.2, -0.15) is 0 Å². The summed E-state index contributed by atoms with van der Waals surface area (Å²) >= 11 is 13.6. The molecule has 5 N–H and O–H groups in total. The Morgan fingerprint density at radius 1 is 1.04 bits per heavy atom. The Balaban J connectivity index is 1.48. The number of nitrogens with one attached hydrogen (secondary N) is 3. The molecule has 0 spiro atoms. The highest BCUT2D eigenvalue weighted by atomic mass is 35.5. The number of allylic oxidation sites excluding steroid dienone is 1. The predicted molar refractivity (Wildman–Crippen MR) is 187 cm³/mol. The topological polar surface area (TPSA) is 144 Å². The molecule has 0 saturated heterocycles. The van der Waals surface area contributed by atoms with Crippen LogP contribution in [0.1, 0.15) is 69.5 Å². The molecule has 0 atom stereocenters. The molecule has 0 radical (unpaired) electrons. The molecule has 0 saturated carbocycles. The maximum atomic E-state index is 13.5. The Kier molecular flexibility index (Phi) is 11.6. The summed E-state index contributed by atoms with van der Waals surface area (Å²) in [6.45, 7) is 11.1. The van der Waals surface area contributed by atoms with Gasteiger partial charge >= 0.3 is 6.09 Å². The van der Waals surface area contributed by atoms with E-state index in [9.17, 15) is 14.4 Å². The maximum Gasteiger partial charge on any atom is 0.410 e. The zero-order valence-corrected chi connectivity index (χ0v) is 29.2. The molecular formula is C34H43Cl2N7O4. The number of nitrogens with zero attached hydrogens (tertiary/aromatic N) is 3. The van der Waals surface area contributed by atoms with Gasteiger partial charge in [0.05, 0.1) is 39.4 Å². The highest BCUT2D eigenvalue weighted by Gasteiger charge is 2.30. The van der Waals surface area contributed by atoms with Crippen LogP contribution >= 0.6 is 23.2 Å². The average molecular weight is 685 g/mol. The first kappa shape index (κ1) is 35.8. The molecule has 0 fully saturated rings. The van der Waals surface area contributed by atoms with Crippen molar-refractivity contribution in [1.82, 2.24) is 19.8 Å². The Labute approximate surface area is 285 Å². The fourth-order valence-corrected chi connectivity index (χ4v) is 5.65. The first-order valence-corrected chi connectivity index (χ1v) is 16.3. The summed E-state index contributed by atoms with van der Waals surface area (Å²) in [7, 11) is 1.77. The number of nitrogens with two attached hydrogens (primary N) is 1. The second kappa shape index (κ2) is 15.2. The normalized spacial score (nSPS) is 13.4. The molecule has 3 aromatic rings. The van der Waals surface area contributed by atoms with Gasteiger partial charge in [0, 0.05) is 42.9 Å². The lowest BCUT2D eigenvalue weighted by molar-refractivity contribution is -0.112. The number of hydrogen-bond donors (Lipinski definition) is 4. The lowest BCUT2D eigenvalue weighted by Gasteiger charge is -2.29. The molecule has 3 amide bonds. The zero-order valence-electron chi connectivity index (χ0n) is 27.7. The van der Waals surface area contributed by atoms with Crippen LogP contribution in [0.5, 0.6) is 0 Å². The average Bonchev–Trinajstić information content (AvgIpc) is 3.33. The number of amides is 3. The Hall–Kier alpha value is -4.06. The van der Waals surface area contributed by atoms with Crippen molar-refractivity contribution in [2.45, 2.75) is 72.1 Å². The SMILES string of the molecule is CC(C)NCCC/C=C(\N)C(=O)Nc1cccc(-c2cccc(NC(=O)c3nc4c(n3C)CCN(C(=O)OC(C)(C)C)C4)c2Cl)c1Cl. The van der Waals surface area contributed by atoms with Gasteiger partial charge in [-0.3, -0.25) is 9.59 Å². The van der Waals surface area contributed by atoms with Gasteiger partial charge in [-0.1, -0.05) is 67.4 Å². The molecule has 0 aliphatic carbocycles. The zero-order chi connectivity index (χ0) is 34.5. The minimum Gasteiger partial charge on any atom is -0.444 e. The largest absolute Gasteiger partial charge is 0.444 e. The predicted octanol–water partition coefficient (Wildman–Crippen LogP) is 6.50. The van der Waals surface area contributed by atoms with Gasteiger partial charge in [-0.15, -0.1) is 0 Å². The van der Waals surface area contributed by atoms with Gasteiger partial charge in [0.2, 0.25) is 0 Å². The van der Waals surface area contributed by atoms with Crippen LogP contribution in [0, 0.1) is 0 Å². The highest BCUT2D eigenvalue weighted by Crippen LogP contribution is 2.40. The first-order chi connectivity index (χ1) is 22.2. The van der Waals surface area contributed by atoms with Crippen LogP contribution in [0.3, 0.4) is 0 Å². The molecular weight excluding hydrogens is 641 g/mol. The highest BCUT2D eigenvalue weighted by molar-refractivity contribution is 6.40. The molecule has 4 rings (SSSR count). The van der Waals surface area contributed by atoms with E-state index in [0.717, 1.165) is 18.7 Å². The van der Waals surface area contributed by atoms with Gasteiger partial charge in [-0.05, 0) is 52.3 Å². The van der Waals surface area contributed by atoms with Crippen LogP contribution < -0.4 is 21.7 Å². The summed E-state index contributed by atoms with van der Waals surface area (Å²) in [6, 6.07) is 10.8. The van der Waals surface area contributed by atoms with Crippen molar-refractivity contribution >= 4 is 52.5 Å². The van der Waals surface area contributed by atoms with Crippen LogP contribution in [0.25, 0.3) is 11.1 Å². The van der Waals surface area contributed by atoms with E-state index < -0.39 is 23.5 Å². The monoisotopic (exact) mass is 683 g/mol. The molecule has 1 aromatic heterocycles. The number of imidazole rings is 1. The van der Waals surface area contributed by atoms with Crippen LogP contribution in [0.4, 0.5) is 16.2 Å². The summed E-state index contributed by atoms with van der Waals surface area (Å²) in [5.74, 6) is -0.730. The quantitative estimate of drug-likeness (QED) is 0.141. The standard InChI is InChI=1S/C34H43Cl2N7O4/c1-20(2)38-17-8-7-13-23(37)31(44)40-24-14-9-11-21(28(24)35)22-12-10-15-25(29(22)36)41-32(45)30-39-26-19-43(18-16-27(26)42(30)6)33(46)47-34(3,4)5/h9-15,20,38H,7-8,16-19,37H2,1-6H3,(H,40,44)(H,41,45)/b23-13-. The van der Waals surface area contributed by atoms with E-state index in [-0.39, 0.29) is 28.1 Å². The number of fused-ring (bicyclic) bond motifs is 1. The van der Waals surface area contributed by atoms with Crippen LogP contribution in [0.2, 0.25) is 10.0 Å². The molecule has 0 unspecified atom stereocenters. The minimum atomic E-state index is -0.615. The van der Waals surface area contributed by atoms with E-state index in [1.165, 1.54) is 0 Å². The van der Waals surface area contributed by atoms with E-state index in [1.807, 2.05) is 20.8 Å². The van der Waals surface area contributed by atoms with Crippen molar-refractivity contribution in [1.29, 1.82) is 0 Å². The van der Waals surface area contributed by atoms with Gasteiger partial charge < -0.3 is 35.9 Å². The Morgan fingerprint density at radius 2 is 1.66 bits per heavy atom. The summed E-state index contributed by atoms with van der Waals surface area (Å²) in [6.07, 6.45) is 3.32. The van der Waals surface area contributed by atoms with E-state index in [4.69, 9.17) is 33.7 Å². The Bertz CT molecular complexity index is 1680. The van der Waals surface area contributed by atoms with Crippen LogP contribution in [-0.2, 0) is 29.5 Å². The molecule has 13 heteroatoms. The number of rotatable bonds is 10. The second-order valence-electron chi connectivity index (χ2n) is 12.7. The number of benzene rings is 2. The number of unbranched alkanes of at least 4 members (excludes halogenated alkanes) is 1. The number of anilines is 2. The molecule has 11 nitrogen and oxygen atoms in total. The van der Waals surface area contributed by atoms with Crippen molar-refractivity contribution in [2.75, 3.05) is 23.7 Å². The fourth-order valence-electron chi connectivity index (χ4n) is 5.10. The molecule has 2 heterocycles. The lowest BCUT2D eigenvalue weighted by atomic mass is 10.0. The van der Waals surface area contributed by atoms with E-state index in [2.05, 4.69) is 34.8 Å². The fraction of sp³-hybridized carbons (Fsp3) is 0.412. The molecule has 1 aliphatic rings. The number of ether oxygens (including phenoxy) is 1. The molecule has 1 aliphatic heterocycles. The van der Waals surface area contributed by atoms with E-state index in [1.54, 1.807) is 59.0 Å². The molecule has 2 aromatic carbocycles. The number of carbonyl (C=O) groups excluding carboxylic acids is 3. The summed E-state index contributed by atoms with van der Waals surface area (Å²) in [5, 5.41) is 9.50. The van der Waals surface area contributed by atoms with Crippen molar-refractivity contribution in [2.24, 2.45) is 12.8 Å². The number of halogens is 2. The molecule has 47 heavy (non-hydrogen) atoms. The maximum absolute atomic E-state index is 13.5. The van der Waals surface area contributed by atoms with E-state index in [0.29, 0.717) is 53.6 Å². The van der Waals surface area contributed by atoms with Gasteiger partial charge in [0.25, 0.3) is 11.8 Å². The van der Waals surface area contributed by atoms with Crippen molar-refractivity contribution in [3.63, 3.8) is 0 Å². The third-order valence-electron chi connectivity index (χ3n) is 7.45. The summed E-state index contributed by atoms with van der Waals surface area (Å²) < 4.78 is 7.24. The van der Waals surface area contributed by atoms with Gasteiger partial charge in [-0.25, -0.2) is 9.78 Å². The van der Waals surface area contributed by atoms with Gasteiger partial charge in [0.15, 0.2) is 5.82 Å². The summed E-state index contributed by atoms with van der Waals surface area (Å²) in [4.78, 5) is 45.0. The van der Waals surface area contributed by atoms with Gasteiger partial charge in [0.1, 0.15) is 5.60 Å². The number of carbonyl (C=O) groups is 3.